The number of aliphatic hydroxyl groups is 9. The second-order valence-corrected chi connectivity index (χ2v) is 16.5. The summed E-state index contributed by atoms with van der Waals surface area (Å²) in [5.41, 5.74) is 1.30. The molecule has 1 aliphatic heterocycles. The van der Waals surface area contributed by atoms with E-state index in [0.717, 1.165) is 19.3 Å². The summed E-state index contributed by atoms with van der Waals surface area (Å²) >= 11 is 0. The quantitative estimate of drug-likeness (QED) is 0.0383. The Balaban J connectivity index is 3.20. The minimum absolute atomic E-state index is 0.0761. The van der Waals surface area contributed by atoms with Gasteiger partial charge in [0, 0.05) is 30.3 Å². The molecule has 9 N–H and O–H groups in total. The Morgan fingerprint density at radius 3 is 1.77 bits per heavy atom. The first-order valence-corrected chi connectivity index (χ1v) is 20.2. The second-order valence-electron chi connectivity index (χ2n) is 16.5. The van der Waals surface area contributed by atoms with Crippen molar-refractivity contribution in [3.8, 4) is 0 Å². The summed E-state index contributed by atoms with van der Waals surface area (Å²) in [6, 6.07) is 0. The molecule has 0 aromatic rings. The lowest BCUT2D eigenvalue weighted by Crippen LogP contribution is -2.60. The standard InChI is InChI=1S/C42H74O15/c1-12-21(2)13-22(3)14-27(8)40(57-42-39(52)38(51)37(50)33(56-42)20-54-30(11)44)28(9)16-25(6)34(47)23(4)15-24(5)35(48)26(7)17-29(10)41(53)55-19-32(46)36(49)31(45)18-43/h15-17,21-23,26-28,31-40,42-43,45-52H,12-14,18-20H2,1-11H3/b24-15+,25-16+,29-17+/t21-,22-,23-,26-,27-,28-,31+,32+,33?,34-,35+,36+,37+,38-,39?,40+,42-/m0/s1. The second kappa shape index (κ2) is 25.4. The average molecular weight is 819 g/mol. The van der Waals surface area contributed by atoms with Crippen LogP contribution < -0.4 is 0 Å². The van der Waals surface area contributed by atoms with Crippen LogP contribution in [0.5, 0.6) is 0 Å². The van der Waals surface area contributed by atoms with Crippen molar-refractivity contribution in [1.29, 1.82) is 0 Å². The van der Waals surface area contributed by atoms with Crippen LogP contribution in [-0.2, 0) is 28.5 Å². The molecule has 0 aromatic heterocycles. The van der Waals surface area contributed by atoms with Crippen LogP contribution in [0.2, 0.25) is 0 Å². The van der Waals surface area contributed by atoms with Crippen molar-refractivity contribution in [3.63, 3.8) is 0 Å². The number of rotatable bonds is 24. The van der Waals surface area contributed by atoms with Gasteiger partial charge in [0.2, 0.25) is 0 Å². The molecule has 332 valence electrons. The molecule has 0 spiro atoms. The molecule has 0 saturated carbocycles. The minimum Gasteiger partial charge on any atom is -0.463 e. The predicted molar refractivity (Wildman–Crippen MR) is 212 cm³/mol. The third kappa shape index (κ3) is 17.1. The van der Waals surface area contributed by atoms with E-state index >= 15 is 0 Å². The highest BCUT2D eigenvalue weighted by molar-refractivity contribution is 5.87. The van der Waals surface area contributed by atoms with Gasteiger partial charge in [-0.15, -0.1) is 0 Å². The lowest BCUT2D eigenvalue weighted by Gasteiger charge is -2.43. The number of hydrogen-bond donors (Lipinski definition) is 9. The molecular formula is C42H74O15. The number of hydrogen-bond acceptors (Lipinski definition) is 15. The molecule has 0 radical (unpaired) electrons. The Bertz CT molecular complexity index is 1300. The maximum Gasteiger partial charge on any atom is 0.333 e. The van der Waals surface area contributed by atoms with Crippen molar-refractivity contribution in [2.75, 3.05) is 19.8 Å². The van der Waals surface area contributed by atoms with E-state index in [9.17, 15) is 50.4 Å². The molecule has 1 heterocycles. The van der Waals surface area contributed by atoms with Crippen LogP contribution in [0, 0.1) is 35.5 Å². The fourth-order valence-corrected chi connectivity index (χ4v) is 7.35. The van der Waals surface area contributed by atoms with Gasteiger partial charge in [0.05, 0.1) is 24.9 Å². The Kier molecular flexibility index (Phi) is 23.5. The van der Waals surface area contributed by atoms with Crippen molar-refractivity contribution < 1.29 is 74.5 Å². The highest BCUT2D eigenvalue weighted by atomic mass is 16.7. The van der Waals surface area contributed by atoms with Crippen LogP contribution in [0.1, 0.15) is 95.4 Å². The van der Waals surface area contributed by atoms with E-state index in [4.69, 9.17) is 24.1 Å². The Morgan fingerprint density at radius 1 is 0.702 bits per heavy atom. The van der Waals surface area contributed by atoms with Crippen molar-refractivity contribution in [2.45, 2.75) is 163 Å². The zero-order valence-electron chi connectivity index (χ0n) is 35.8. The van der Waals surface area contributed by atoms with E-state index in [0.29, 0.717) is 23.0 Å². The molecule has 1 saturated heterocycles. The van der Waals surface area contributed by atoms with Crippen molar-refractivity contribution in [1.82, 2.24) is 0 Å². The van der Waals surface area contributed by atoms with Gasteiger partial charge < -0.3 is 64.9 Å². The van der Waals surface area contributed by atoms with Crippen LogP contribution in [0.3, 0.4) is 0 Å². The van der Waals surface area contributed by atoms with Gasteiger partial charge in [-0.2, -0.15) is 0 Å². The van der Waals surface area contributed by atoms with E-state index < -0.39 is 104 Å². The Labute approximate surface area is 339 Å². The largest absolute Gasteiger partial charge is 0.463 e. The minimum atomic E-state index is -1.71. The van der Waals surface area contributed by atoms with Gasteiger partial charge in [-0.1, -0.05) is 73.1 Å². The third-order valence-corrected chi connectivity index (χ3v) is 10.9. The fourth-order valence-electron chi connectivity index (χ4n) is 7.35. The summed E-state index contributed by atoms with van der Waals surface area (Å²) in [6.45, 7) is 18.4. The first-order chi connectivity index (χ1) is 26.5. The molecule has 2 unspecified atom stereocenters. The SMILES string of the molecule is CC[C@H](C)C[C@H](C)C[C@H](C)[C@@H](O[C@@H]1OC(COC(C)=O)[C@@H](O)[C@H](O)C1O)[C@@H](C)/C=C(\C)[C@@H](O)[C@@H](C)/C=C(\C)[C@@H](O)[C@@H](C)/C=C(\C)C(=O)OC[C@@H](O)[C@H](O)[C@H](O)CO. The highest BCUT2D eigenvalue weighted by Crippen LogP contribution is 2.33. The van der Waals surface area contributed by atoms with Crippen molar-refractivity contribution in [3.05, 3.63) is 34.9 Å². The van der Waals surface area contributed by atoms with Gasteiger partial charge in [0.15, 0.2) is 6.29 Å². The number of carbonyl (C=O) groups excluding carboxylic acids is 2. The topological polar surface area (TPSA) is 253 Å². The molecular weight excluding hydrogens is 744 g/mol. The van der Waals surface area contributed by atoms with E-state index in [1.54, 1.807) is 33.8 Å². The molecule has 0 amide bonds. The molecule has 17 atom stereocenters. The summed E-state index contributed by atoms with van der Waals surface area (Å²) in [7, 11) is 0. The Hall–Kier alpha value is -2.28. The van der Waals surface area contributed by atoms with Gasteiger partial charge in [-0.3, -0.25) is 4.79 Å². The zero-order valence-corrected chi connectivity index (χ0v) is 35.8. The van der Waals surface area contributed by atoms with Crippen molar-refractivity contribution in [2.24, 2.45) is 35.5 Å². The van der Waals surface area contributed by atoms with Crippen LogP contribution in [0.4, 0.5) is 0 Å². The molecule has 57 heavy (non-hydrogen) atoms. The van der Waals surface area contributed by atoms with Gasteiger partial charge in [0.25, 0.3) is 0 Å². The number of ether oxygens (including phenoxy) is 4. The zero-order chi connectivity index (χ0) is 43.9. The van der Waals surface area contributed by atoms with Gasteiger partial charge >= 0.3 is 11.9 Å². The third-order valence-electron chi connectivity index (χ3n) is 10.9. The van der Waals surface area contributed by atoms with Gasteiger partial charge in [-0.05, 0) is 62.5 Å². The van der Waals surface area contributed by atoms with Crippen LogP contribution >= 0.6 is 0 Å². The number of carbonyl (C=O) groups is 2. The Morgan fingerprint density at radius 2 is 1.25 bits per heavy atom. The molecule has 0 aliphatic carbocycles. The highest BCUT2D eigenvalue weighted by Gasteiger charge is 2.46. The summed E-state index contributed by atoms with van der Waals surface area (Å²) in [4.78, 5) is 23.9. The van der Waals surface area contributed by atoms with E-state index in [-0.39, 0.29) is 24.0 Å². The van der Waals surface area contributed by atoms with E-state index in [1.807, 2.05) is 19.9 Å². The number of aliphatic hydroxyl groups excluding tert-OH is 9. The predicted octanol–water partition coefficient (Wildman–Crippen LogP) is 1.93. The molecule has 15 heteroatoms. The summed E-state index contributed by atoms with van der Waals surface area (Å²) in [6.07, 6.45) is -6.74. The van der Waals surface area contributed by atoms with Gasteiger partial charge in [0.1, 0.15) is 55.9 Å². The summed E-state index contributed by atoms with van der Waals surface area (Å²) in [5.74, 6) is -1.96. The summed E-state index contributed by atoms with van der Waals surface area (Å²) < 4.78 is 22.4. The van der Waals surface area contributed by atoms with Crippen LogP contribution in [0.15, 0.2) is 34.9 Å². The molecule has 15 nitrogen and oxygen atoms in total. The molecule has 0 bridgehead atoms. The first-order valence-electron chi connectivity index (χ1n) is 20.2. The first kappa shape index (κ1) is 52.7. The molecule has 0 aromatic carbocycles. The van der Waals surface area contributed by atoms with E-state index in [2.05, 4.69) is 20.8 Å². The van der Waals surface area contributed by atoms with Crippen LogP contribution in [0.25, 0.3) is 0 Å². The average Bonchev–Trinajstić information content (AvgIpc) is 3.15. The number of esters is 2. The molecule has 1 aliphatic rings. The van der Waals surface area contributed by atoms with Gasteiger partial charge in [-0.25, -0.2) is 4.79 Å². The molecule has 1 fully saturated rings. The molecule has 1 rings (SSSR count). The fraction of sp³-hybridized carbons (Fsp3) is 0.810. The van der Waals surface area contributed by atoms with Crippen molar-refractivity contribution >= 4 is 11.9 Å². The monoisotopic (exact) mass is 819 g/mol. The maximum absolute atomic E-state index is 12.5. The summed E-state index contributed by atoms with van der Waals surface area (Å²) in [5, 5.41) is 92.7. The normalized spacial score (nSPS) is 27.5. The maximum atomic E-state index is 12.5. The lowest BCUT2D eigenvalue weighted by molar-refractivity contribution is -0.317. The van der Waals surface area contributed by atoms with Crippen LogP contribution in [-0.4, -0.2) is 145 Å². The van der Waals surface area contributed by atoms with E-state index in [1.165, 1.54) is 19.9 Å². The smallest absolute Gasteiger partial charge is 0.333 e. The lowest BCUT2D eigenvalue weighted by atomic mass is 9.82.